The van der Waals surface area contributed by atoms with Gasteiger partial charge >= 0.3 is 0 Å². The zero-order valence-corrected chi connectivity index (χ0v) is 18.0. The molecule has 1 heterocycles. The molecule has 1 saturated carbocycles. The molecular weight excluding hydrogens is 403 g/mol. The number of carbonyl (C=O) groups excluding carboxylic acids is 2. The number of nitrogens with one attached hydrogen (secondary N) is 1. The highest BCUT2D eigenvalue weighted by Crippen LogP contribution is 2.36. The molecule has 0 bridgehead atoms. The topological polar surface area (TPSA) is 49.4 Å². The molecule has 32 heavy (non-hydrogen) atoms. The number of anilines is 1. The van der Waals surface area contributed by atoms with Gasteiger partial charge in [0.1, 0.15) is 5.82 Å². The number of amides is 2. The van der Waals surface area contributed by atoms with E-state index in [1.54, 1.807) is 12.1 Å². The number of benzene rings is 3. The fourth-order valence-corrected chi connectivity index (χ4v) is 5.45. The van der Waals surface area contributed by atoms with E-state index in [9.17, 15) is 14.0 Å². The maximum atomic E-state index is 13.7. The van der Waals surface area contributed by atoms with Crippen molar-refractivity contribution < 1.29 is 14.0 Å². The molecule has 1 aliphatic heterocycles. The molecule has 4 nitrogen and oxygen atoms in total. The van der Waals surface area contributed by atoms with E-state index < -0.39 is 0 Å². The summed E-state index contributed by atoms with van der Waals surface area (Å²) < 4.78 is 13.2. The standard InChI is InChI=1S/C27H27FN2O2/c28-19-11-13-20(14-12-19)29-26(31)23-15-16-24(22-9-3-2-8-21(22)23)27(32)30-17-5-7-18-6-1-4-10-25(18)30/h2-3,8-9,11-16,18,25H,1,4-7,10,17H2,(H,29,31). The van der Waals surface area contributed by atoms with Crippen molar-refractivity contribution in [3.8, 4) is 0 Å². The van der Waals surface area contributed by atoms with Gasteiger partial charge in [0.15, 0.2) is 0 Å². The van der Waals surface area contributed by atoms with E-state index in [0.717, 1.165) is 30.2 Å². The number of halogens is 1. The van der Waals surface area contributed by atoms with Crippen LogP contribution in [0.1, 0.15) is 59.2 Å². The van der Waals surface area contributed by atoms with Crippen molar-refractivity contribution in [3.05, 3.63) is 77.6 Å². The van der Waals surface area contributed by atoms with E-state index in [-0.39, 0.29) is 17.6 Å². The third-order valence-electron chi connectivity index (χ3n) is 7.01. The predicted octanol–water partition coefficient (Wildman–Crippen LogP) is 6.03. The molecule has 164 valence electrons. The van der Waals surface area contributed by atoms with Crippen LogP contribution < -0.4 is 5.32 Å². The van der Waals surface area contributed by atoms with Gasteiger partial charge in [-0.15, -0.1) is 0 Å². The molecule has 1 N–H and O–H groups in total. The largest absolute Gasteiger partial charge is 0.335 e. The van der Waals surface area contributed by atoms with Crippen LogP contribution in [0.25, 0.3) is 10.8 Å². The van der Waals surface area contributed by atoms with Gasteiger partial charge in [-0.3, -0.25) is 9.59 Å². The smallest absolute Gasteiger partial charge is 0.256 e. The number of nitrogens with zero attached hydrogens (tertiary/aromatic N) is 1. The van der Waals surface area contributed by atoms with Crippen LogP contribution in [0, 0.1) is 11.7 Å². The summed E-state index contributed by atoms with van der Waals surface area (Å²) in [6.45, 7) is 0.807. The van der Waals surface area contributed by atoms with Gasteiger partial charge in [-0.2, -0.15) is 0 Å². The Kier molecular flexibility index (Phi) is 5.64. The van der Waals surface area contributed by atoms with Crippen LogP contribution in [-0.4, -0.2) is 29.3 Å². The summed E-state index contributed by atoms with van der Waals surface area (Å²) >= 11 is 0. The van der Waals surface area contributed by atoms with Crippen LogP contribution in [0.3, 0.4) is 0 Å². The third kappa shape index (κ3) is 3.88. The van der Waals surface area contributed by atoms with E-state index in [1.165, 1.54) is 49.9 Å². The Hall–Kier alpha value is -3.21. The van der Waals surface area contributed by atoms with E-state index >= 15 is 0 Å². The van der Waals surface area contributed by atoms with Gasteiger partial charge in [0.05, 0.1) is 0 Å². The lowest BCUT2D eigenvalue weighted by molar-refractivity contribution is 0.0392. The van der Waals surface area contributed by atoms with Gasteiger partial charge in [0, 0.05) is 29.4 Å². The zero-order valence-electron chi connectivity index (χ0n) is 18.0. The van der Waals surface area contributed by atoms with Crippen LogP contribution in [0.2, 0.25) is 0 Å². The fourth-order valence-electron chi connectivity index (χ4n) is 5.45. The van der Waals surface area contributed by atoms with E-state index in [1.807, 2.05) is 24.3 Å². The number of rotatable bonds is 3. The molecule has 2 unspecified atom stereocenters. The minimum Gasteiger partial charge on any atom is -0.335 e. The molecule has 0 spiro atoms. The molecule has 1 saturated heterocycles. The minimum absolute atomic E-state index is 0.0725. The molecule has 2 fully saturated rings. The lowest BCUT2D eigenvalue weighted by Gasteiger charge is -2.44. The number of carbonyl (C=O) groups is 2. The molecule has 5 heteroatoms. The first-order valence-electron chi connectivity index (χ1n) is 11.5. The van der Waals surface area contributed by atoms with Crippen LogP contribution in [-0.2, 0) is 0 Å². The Bertz CT molecular complexity index is 1160. The second-order valence-corrected chi connectivity index (χ2v) is 8.92. The van der Waals surface area contributed by atoms with E-state index in [2.05, 4.69) is 10.2 Å². The molecule has 2 atom stereocenters. The highest BCUT2D eigenvalue weighted by molar-refractivity contribution is 6.17. The Balaban J connectivity index is 1.47. The van der Waals surface area contributed by atoms with Crippen molar-refractivity contribution in [1.29, 1.82) is 0 Å². The van der Waals surface area contributed by atoms with Crippen LogP contribution >= 0.6 is 0 Å². The van der Waals surface area contributed by atoms with Crippen LogP contribution in [0.5, 0.6) is 0 Å². The molecule has 1 aliphatic carbocycles. The summed E-state index contributed by atoms with van der Waals surface area (Å²) in [5.74, 6) is 0.0584. The summed E-state index contributed by atoms with van der Waals surface area (Å²) in [5.41, 5.74) is 1.68. The highest BCUT2D eigenvalue weighted by atomic mass is 19.1. The van der Waals surface area contributed by atoms with Crippen molar-refractivity contribution in [2.45, 2.75) is 44.6 Å². The molecular formula is C27H27FN2O2. The molecule has 2 aliphatic rings. The SMILES string of the molecule is O=C(Nc1ccc(F)cc1)c1ccc(C(=O)N2CCCC3CCCCC32)c2ccccc12. The lowest BCUT2D eigenvalue weighted by Crippen LogP contribution is -2.49. The first-order chi connectivity index (χ1) is 15.6. The van der Waals surface area contributed by atoms with Crippen molar-refractivity contribution in [3.63, 3.8) is 0 Å². The van der Waals surface area contributed by atoms with Gasteiger partial charge in [0.2, 0.25) is 0 Å². The summed E-state index contributed by atoms with van der Waals surface area (Å²) in [7, 11) is 0. The summed E-state index contributed by atoms with van der Waals surface area (Å²) in [4.78, 5) is 28.7. The van der Waals surface area contributed by atoms with Crippen LogP contribution in [0.15, 0.2) is 60.7 Å². The molecule has 0 radical (unpaired) electrons. The Labute approximate surface area is 187 Å². The lowest BCUT2D eigenvalue weighted by atomic mass is 9.78. The number of likely N-dealkylation sites (tertiary alicyclic amines) is 1. The summed E-state index contributed by atoms with van der Waals surface area (Å²) in [6.07, 6.45) is 7.04. The van der Waals surface area contributed by atoms with Crippen molar-refractivity contribution >= 4 is 28.3 Å². The zero-order chi connectivity index (χ0) is 22.1. The highest BCUT2D eigenvalue weighted by Gasteiger charge is 2.36. The average Bonchev–Trinajstić information content (AvgIpc) is 2.84. The molecule has 3 aromatic rings. The van der Waals surface area contributed by atoms with Gasteiger partial charge in [-0.25, -0.2) is 4.39 Å². The molecule has 3 aromatic carbocycles. The monoisotopic (exact) mass is 430 g/mol. The molecule has 5 rings (SSSR count). The Morgan fingerprint density at radius 3 is 2.25 bits per heavy atom. The van der Waals surface area contributed by atoms with Gasteiger partial charge in [0.25, 0.3) is 11.8 Å². The average molecular weight is 431 g/mol. The quantitative estimate of drug-likeness (QED) is 0.552. The van der Waals surface area contributed by atoms with Gasteiger partial charge in [-0.1, -0.05) is 37.1 Å². The predicted molar refractivity (Wildman–Crippen MR) is 124 cm³/mol. The number of hydrogen-bond acceptors (Lipinski definition) is 2. The van der Waals surface area contributed by atoms with E-state index in [0.29, 0.717) is 28.8 Å². The Morgan fingerprint density at radius 1 is 0.812 bits per heavy atom. The summed E-state index contributed by atoms with van der Waals surface area (Å²) in [5, 5.41) is 4.37. The van der Waals surface area contributed by atoms with Crippen LogP contribution in [0.4, 0.5) is 10.1 Å². The van der Waals surface area contributed by atoms with Crippen molar-refractivity contribution in [1.82, 2.24) is 4.90 Å². The fraction of sp³-hybridized carbons (Fsp3) is 0.333. The maximum Gasteiger partial charge on any atom is 0.256 e. The van der Waals surface area contributed by atoms with E-state index in [4.69, 9.17) is 0 Å². The van der Waals surface area contributed by atoms with Crippen molar-refractivity contribution in [2.75, 3.05) is 11.9 Å². The third-order valence-corrected chi connectivity index (χ3v) is 7.01. The van der Waals surface area contributed by atoms with Crippen molar-refractivity contribution in [2.24, 2.45) is 5.92 Å². The number of fused-ring (bicyclic) bond motifs is 2. The number of hydrogen-bond donors (Lipinski definition) is 1. The maximum absolute atomic E-state index is 13.7. The van der Waals surface area contributed by atoms with Gasteiger partial charge < -0.3 is 10.2 Å². The normalized spacial score (nSPS) is 20.6. The summed E-state index contributed by atoms with van der Waals surface area (Å²) in [6, 6.07) is 17.1. The second-order valence-electron chi connectivity index (χ2n) is 8.92. The first-order valence-corrected chi connectivity index (χ1v) is 11.5. The number of piperidine rings is 1. The minimum atomic E-state index is -0.353. The molecule has 2 amide bonds. The first kappa shape index (κ1) is 20.7. The van der Waals surface area contributed by atoms with Gasteiger partial charge in [-0.05, 0) is 78.8 Å². The second kappa shape index (κ2) is 8.73. The Morgan fingerprint density at radius 2 is 1.47 bits per heavy atom. The molecule has 0 aromatic heterocycles.